The monoisotopic (exact) mass is 461 g/mol. The Morgan fingerprint density at radius 3 is 2.50 bits per heavy atom. The molecule has 4 rings (SSSR count). The number of nitrogens with one attached hydrogen (secondary N) is 1. The molecule has 32 heavy (non-hydrogen) atoms. The Balaban J connectivity index is 1.50. The van der Waals surface area contributed by atoms with Crippen molar-refractivity contribution in [3.05, 3.63) is 95.0 Å². The topological polar surface area (TPSA) is 72.2 Å². The first-order chi connectivity index (χ1) is 15.6. The van der Waals surface area contributed by atoms with Crippen LogP contribution in [0.2, 0.25) is 5.02 Å². The Labute approximate surface area is 195 Å². The summed E-state index contributed by atoms with van der Waals surface area (Å²) in [5, 5.41) is 13.9. The van der Waals surface area contributed by atoms with Crippen molar-refractivity contribution in [1.82, 2.24) is 20.2 Å². The molecule has 0 fully saturated rings. The summed E-state index contributed by atoms with van der Waals surface area (Å²) in [6.45, 7) is 2.04. The number of nitrogens with zero attached hydrogens (tertiary/aromatic N) is 4. The summed E-state index contributed by atoms with van der Waals surface area (Å²) < 4.78 is 1.95. The fraction of sp³-hybridized carbons (Fsp3) is 0.0833. The van der Waals surface area contributed by atoms with Gasteiger partial charge < -0.3 is 0 Å². The predicted molar refractivity (Wildman–Crippen MR) is 129 cm³/mol. The fourth-order valence-corrected chi connectivity index (χ4v) is 3.91. The smallest absolute Gasteiger partial charge is 0.250 e. The molecule has 160 valence electrons. The van der Waals surface area contributed by atoms with Crippen molar-refractivity contribution < 1.29 is 4.79 Å². The summed E-state index contributed by atoms with van der Waals surface area (Å²) in [6, 6.07) is 25.2. The van der Waals surface area contributed by atoms with Crippen molar-refractivity contribution in [2.75, 3.05) is 5.75 Å². The lowest BCUT2D eigenvalue weighted by molar-refractivity contribution is -0.118. The van der Waals surface area contributed by atoms with Crippen LogP contribution in [0.15, 0.2) is 89.1 Å². The van der Waals surface area contributed by atoms with Crippen LogP contribution in [0.3, 0.4) is 0 Å². The average Bonchev–Trinajstić information content (AvgIpc) is 3.24. The molecule has 4 aromatic rings. The van der Waals surface area contributed by atoms with E-state index in [9.17, 15) is 4.79 Å². The van der Waals surface area contributed by atoms with Gasteiger partial charge in [0.15, 0.2) is 11.0 Å². The Bertz CT molecular complexity index is 1240. The summed E-state index contributed by atoms with van der Waals surface area (Å²) in [5.74, 6) is 0.604. The number of amides is 1. The molecule has 1 N–H and O–H groups in total. The van der Waals surface area contributed by atoms with E-state index in [1.165, 1.54) is 23.5 Å². The van der Waals surface area contributed by atoms with E-state index in [0.29, 0.717) is 10.2 Å². The maximum absolute atomic E-state index is 12.3. The molecule has 0 bridgehead atoms. The van der Waals surface area contributed by atoms with Gasteiger partial charge in [-0.05, 0) is 25.1 Å². The van der Waals surface area contributed by atoms with Gasteiger partial charge in [0.25, 0.3) is 5.91 Å². The molecule has 0 aliphatic carbocycles. The molecule has 1 aromatic heterocycles. The van der Waals surface area contributed by atoms with E-state index in [2.05, 4.69) is 20.7 Å². The number of benzene rings is 3. The van der Waals surface area contributed by atoms with Gasteiger partial charge in [-0.2, -0.15) is 5.10 Å². The number of carbonyl (C=O) groups excluding carboxylic acids is 1. The van der Waals surface area contributed by atoms with E-state index in [1.54, 1.807) is 6.07 Å². The van der Waals surface area contributed by atoms with Gasteiger partial charge in [0.2, 0.25) is 0 Å². The molecule has 0 saturated heterocycles. The number of hydrogen-bond acceptors (Lipinski definition) is 5. The maximum atomic E-state index is 12.3. The third-order valence-electron chi connectivity index (χ3n) is 4.59. The molecule has 0 aliphatic heterocycles. The molecule has 1 heterocycles. The van der Waals surface area contributed by atoms with Gasteiger partial charge >= 0.3 is 0 Å². The van der Waals surface area contributed by atoms with E-state index >= 15 is 0 Å². The molecule has 0 atom stereocenters. The Morgan fingerprint density at radius 2 is 1.75 bits per heavy atom. The van der Waals surface area contributed by atoms with Gasteiger partial charge in [-0.1, -0.05) is 89.6 Å². The molecule has 0 radical (unpaired) electrons. The maximum Gasteiger partial charge on any atom is 0.250 e. The van der Waals surface area contributed by atoms with Crippen molar-refractivity contribution in [2.45, 2.75) is 12.1 Å². The highest BCUT2D eigenvalue weighted by molar-refractivity contribution is 7.99. The first-order valence-corrected chi connectivity index (χ1v) is 11.3. The number of halogens is 1. The zero-order valence-electron chi connectivity index (χ0n) is 17.3. The predicted octanol–water partition coefficient (Wildman–Crippen LogP) is 5.14. The first kappa shape index (κ1) is 21.8. The second kappa shape index (κ2) is 10.3. The van der Waals surface area contributed by atoms with E-state index < -0.39 is 0 Å². The molecule has 3 aromatic carbocycles. The van der Waals surface area contributed by atoms with Crippen LogP contribution < -0.4 is 5.43 Å². The molecule has 0 saturated carbocycles. The Hall–Kier alpha value is -3.42. The number of hydrazone groups is 1. The lowest BCUT2D eigenvalue weighted by Crippen LogP contribution is -2.20. The van der Waals surface area contributed by atoms with Crippen molar-refractivity contribution in [2.24, 2.45) is 5.10 Å². The summed E-state index contributed by atoms with van der Waals surface area (Å²) in [7, 11) is 0. The Morgan fingerprint density at radius 1 is 1.03 bits per heavy atom. The van der Waals surface area contributed by atoms with E-state index in [4.69, 9.17) is 11.6 Å². The molecule has 1 amide bonds. The second-order valence-electron chi connectivity index (χ2n) is 6.95. The molecule has 0 spiro atoms. The minimum absolute atomic E-state index is 0.138. The van der Waals surface area contributed by atoms with Gasteiger partial charge in [0.1, 0.15) is 0 Å². The lowest BCUT2D eigenvalue weighted by Gasteiger charge is -2.10. The number of thioether (sulfide) groups is 1. The summed E-state index contributed by atoms with van der Waals surface area (Å²) in [5.41, 5.74) is 6.30. The highest BCUT2D eigenvalue weighted by atomic mass is 35.5. The van der Waals surface area contributed by atoms with Crippen LogP contribution >= 0.6 is 23.4 Å². The minimum atomic E-state index is -0.252. The van der Waals surface area contributed by atoms with Gasteiger partial charge in [0.05, 0.1) is 12.0 Å². The van der Waals surface area contributed by atoms with Gasteiger partial charge in [0, 0.05) is 21.8 Å². The van der Waals surface area contributed by atoms with E-state index in [1.807, 2.05) is 84.3 Å². The number of hydrogen-bond donors (Lipinski definition) is 1. The van der Waals surface area contributed by atoms with E-state index in [-0.39, 0.29) is 11.7 Å². The van der Waals surface area contributed by atoms with Crippen molar-refractivity contribution in [3.8, 4) is 17.1 Å². The van der Waals surface area contributed by atoms with Crippen LogP contribution in [0.4, 0.5) is 0 Å². The molecule has 8 heteroatoms. The number of para-hydroxylation sites is 1. The average molecular weight is 462 g/mol. The minimum Gasteiger partial charge on any atom is -0.272 e. The van der Waals surface area contributed by atoms with Crippen molar-refractivity contribution >= 4 is 35.5 Å². The number of aromatic nitrogens is 3. The van der Waals surface area contributed by atoms with Gasteiger partial charge in [-0.25, -0.2) is 5.43 Å². The normalized spacial score (nSPS) is 11.1. The van der Waals surface area contributed by atoms with Crippen LogP contribution in [-0.4, -0.2) is 32.6 Å². The summed E-state index contributed by atoms with van der Waals surface area (Å²) in [6.07, 6.45) is 1.52. The zero-order chi connectivity index (χ0) is 22.3. The lowest BCUT2D eigenvalue weighted by atomic mass is 10.1. The first-order valence-electron chi connectivity index (χ1n) is 9.89. The van der Waals surface area contributed by atoms with Gasteiger partial charge in [-0.15, -0.1) is 10.2 Å². The molecule has 0 unspecified atom stereocenters. The number of carbonyl (C=O) groups is 1. The van der Waals surface area contributed by atoms with Crippen molar-refractivity contribution in [1.29, 1.82) is 0 Å². The zero-order valence-corrected chi connectivity index (χ0v) is 18.8. The molecule has 6 nitrogen and oxygen atoms in total. The van der Waals surface area contributed by atoms with Crippen LogP contribution in [0.25, 0.3) is 17.1 Å². The molecular formula is C24H20ClN5OS. The summed E-state index contributed by atoms with van der Waals surface area (Å²) in [4.78, 5) is 12.3. The number of rotatable bonds is 7. The highest BCUT2D eigenvalue weighted by Crippen LogP contribution is 2.28. The number of aryl methyl sites for hydroxylation is 1. The van der Waals surface area contributed by atoms with Gasteiger partial charge in [-0.3, -0.25) is 9.36 Å². The molecular weight excluding hydrogens is 442 g/mol. The standard InChI is InChI=1S/C24H20ClN5OS/c1-17-11-13-18(14-12-17)23-28-29-24(30(23)20-8-3-2-4-9-20)32-16-22(31)27-26-15-19-7-5-6-10-21(19)25/h2-15H,16H2,1H3,(H,27,31)/b26-15-. The van der Waals surface area contributed by atoms with E-state index in [0.717, 1.165) is 22.6 Å². The Kier molecular flexibility index (Phi) is 6.99. The van der Waals surface area contributed by atoms with Crippen molar-refractivity contribution in [3.63, 3.8) is 0 Å². The van der Waals surface area contributed by atoms with Crippen LogP contribution in [0.1, 0.15) is 11.1 Å². The third kappa shape index (κ3) is 5.25. The third-order valence-corrected chi connectivity index (χ3v) is 5.86. The van der Waals surface area contributed by atoms with Crippen LogP contribution in [-0.2, 0) is 4.79 Å². The second-order valence-corrected chi connectivity index (χ2v) is 8.30. The fourth-order valence-electron chi connectivity index (χ4n) is 2.98. The van der Waals surface area contributed by atoms with Crippen LogP contribution in [0.5, 0.6) is 0 Å². The molecule has 0 aliphatic rings. The summed E-state index contributed by atoms with van der Waals surface area (Å²) >= 11 is 7.39. The largest absolute Gasteiger partial charge is 0.272 e. The SMILES string of the molecule is Cc1ccc(-c2nnc(SCC(=O)N/N=C\c3ccccc3Cl)n2-c2ccccc2)cc1. The van der Waals surface area contributed by atoms with Crippen LogP contribution in [0, 0.1) is 6.92 Å². The highest BCUT2D eigenvalue weighted by Gasteiger charge is 2.17. The quantitative estimate of drug-likeness (QED) is 0.235.